The van der Waals surface area contributed by atoms with Crippen molar-refractivity contribution in [2.75, 3.05) is 13.1 Å². The van der Waals surface area contributed by atoms with Gasteiger partial charge in [0, 0.05) is 6.54 Å². The third-order valence-electron chi connectivity index (χ3n) is 2.19. The summed E-state index contributed by atoms with van der Waals surface area (Å²) in [6.07, 6.45) is 1.33. The molecule has 1 aliphatic rings. The minimum atomic E-state index is -3.37. The number of carboxylic acid groups (broad SMARTS) is 1. The fourth-order valence-electron chi connectivity index (χ4n) is 1.39. The molecule has 1 rings (SSSR count). The molecule has 0 radical (unpaired) electrons. The van der Waals surface area contributed by atoms with Crippen LogP contribution in [0.2, 0.25) is 0 Å². The van der Waals surface area contributed by atoms with Crippen LogP contribution in [0.5, 0.6) is 0 Å². The molecular weight excluding hydrogens is 218 g/mol. The maximum atomic E-state index is 11.8. The molecule has 0 aromatic rings. The number of aliphatic carboxylic acids is 1. The Kier molecular flexibility index (Phi) is 3.72. The molecule has 0 atom stereocenters. The van der Waals surface area contributed by atoms with E-state index in [-0.39, 0.29) is 17.7 Å². The van der Waals surface area contributed by atoms with Crippen LogP contribution >= 0.6 is 0 Å². The number of nitrogens with zero attached hydrogens (tertiary/aromatic N) is 1. The Morgan fingerprint density at radius 2 is 2.00 bits per heavy atom. The molecule has 0 unspecified atom stereocenters. The summed E-state index contributed by atoms with van der Waals surface area (Å²) in [7, 11) is -3.37. The average Bonchev–Trinajstić information content (AvgIpc) is 2.82. The molecule has 0 aliphatic heterocycles. The van der Waals surface area contributed by atoms with Crippen LogP contribution in [-0.4, -0.2) is 42.1 Å². The first-order chi connectivity index (χ1) is 6.84. The summed E-state index contributed by atoms with van der Waals surface area (Å²) in [5.41, 5.74) is 0. The van der Waals surface area contributed by atoms with Crippen molar-refractivity contribution in [3.63, 3.8) is 0 Å². The number of sulfonamides is 1. The van der Waals surface area contributed by atoms with Crippen LogP contribution in [0.4, 0.5) is 0 Å². The Morgan fingerprint density at radius 1 is 1.47 bits per heavy atom. The fourth-order valence-corrected chi connectivity index (χ4v) is 3.34. The van der Waals surface area contributed by atoms with Gasteiger partial charge in [-0.15, -0.1) is 0 Å². The van der Waals surface area contributed by atoms with Gasteiger partial charge in [0.2, 0.25) is 10.0 Å². The largest absolute Gasteiger partial charge is 0.480 e. The number of rotatable bonds is 6. The van der Waals surface area contributed by atoms with E-state index in [0.717, 1.165) is 4.31 Å². The van der Waals surface area contributed by atoms with Crippen molar-refractivity contribution in [1.82, 2.24) is 4.31 Å². The van der Waals surface area contributed by atoms with Gasteiger partial charge >= 0.3 is 5.97 Å². The van der Waals surface area contributed by atoms with Crippen molar-refractivity contribution in [3.8, 4) is 0 Å². The lowest BCUT2D eigenvalue weighted by Crippen LogP contribution is -2.40. The van der Waals surface area contributed by atoms with Crippen molar-refractivity contribution in [3.05, 3.63) is 0 Å². The highest BCUT2D eigenvalue weighted by Crippen LogP contribution is 2.31. The molecule has 1 N–H and O–H groups in total. The Morgan fingerprint density at radius 3 is 2.33 bits per heavy atom. The highest BCUT2D eigenvalue weighted by atomic mass is 32.2. The second-order valence-corrected chi connectivity index (χ2v) is 6.54. The standard InChI is InChI=1S/C9H17NO4S/c1-7(2)5-10(6-9(11)12)15(13,14)8-3-4-8/h7-8H,3-6H2,1-2H3,(H,11,12). The highest BCUT2D eigenvalue weighted by Gasteiger charge is 2.40. The summed E-state index contributed by atoms with van der Waals surface area (Å²) >= 11 is 0. The topological polar surface area (TPSA) is 74.7 Å². The quantitative estimate of drug-likeness (QED) is 0.728. The summed E-state index contributed by atoms with van der Waals surface area (Å²) in [5.74, 6) is -0.960. The fraction of sp³-hybridized carbons (Fsp3) is 0.889. The zero-order chi connectivity index (χ0) is 11.6. The van der Waals surface area contributed by atoms with Gasteiger partial charge in [-0.25, -0.2) is 8.42 Å². The summed E-state index contributed by atoms with van der Waals surface area (Å²) in [6, 6.07) is 0. The van der Waals surface area contributed by atoms with Crippen molar-refractivity contribution in [1.29, 1.82) is 0 Å². The molecule has 1 aliphatic carbocycles. The Labute approximate surface area is 90.1 Å². The Bertz CT molecular complexity index is 332. The van der Waals surface area contributed by atoms with Crippen LogP contribution in [0, 0.1) is 5.92 Å². The maximum absolute atomic E-state index is 11.8. The molecule has 0 saturated heterocycles. The number of carboxylic acids is 1. The van der Waals surface area contributed by atoms with E-state index in [1.54, 1.807) is 0 Å². The molecule has 6 heteroatoms. The van der Waals surface area contributed by atoms with E-state index in [4.69, 9.17) is 5.11 Å². The second kappa shape index (κ2) is 4.49. The number of carbonyl (C=O) groups is 1. The lowest BCUT2D eigenvalue weighted by molar-refractivity contribution is -0.137. The molecule has 88 valence electrons. The van der Waals surface area contributed by atoms with Gasteiger partial charge in [0.15, 0.2) is 0 Å². The van der Waals surface area contributed by atoms with Crippen LogP contribution in [0.1, 0.15) is 26.7 Å². The van der Waals surface area contributed by atoms with Crippen molar-refractivity contribution >= 4 is 16.0 Å². The van der Waals surface area contributed by atoms with Gasteiger partial charge in [-0.1, -0.05) is 13.8 Å². The molecule has 0 aromatic heterocycles. The normalized spacial score (nSPS) is 17.3. The first-order valence-corrected chi connectivity index (χ1v) is 6.55. The van der Waals surface area contributed by atoms with Gasteiger partial charge in [-0.2, -0.15) is 4.31 Å². The SMILES string of the molecule is CC(C)CN(CC(=O)O)S(=O)(=O)C1CC1. The molecule has 0 aromatic carbocycles. The monoisotopic (exact) mass is 235 g/mol. The van der Waals surface area contributed by atoms with Crippen molar-refractivity contribution in [2.24, 2.45) is 5.92 Å². The summed E-state index contributed by atoms with van der Waals surface area (Å²) in [4.78, 5) is 10.6. The molecule has 0 bridgehead atoms. The first-order valence-electron chi connectivity index (χ1n) is 5.04. The minimum Gasteiger partial charge on any atom is -0.480 e. The maximum Gasteiger partial charge on any atom is 0.318 e. The van der Waals surface area contributed by atoms with Crippen molar-refractivity contribution < 1.29 is 18.3 Å². The van der Waals surface area contributed by atoms with Gasteiger partial charge in [-0.05, 0) is 18.8 Å². The summed E-state index contributed by atoms with van der Waals surface area (Å²) in [6.45, 7) is 3.61. The zero-order valence-electron chi connectivity index (χ0n) is 9.01. The van der Waals surface area contributed by atoms with Gasteiger partial charge in [-0.3, -0.25) is 4.79 Å². The average molecular weight is 235 g/mol. The van der Waals surface area contributed by atoms with Crippen LogP contribution in [0.25, 0.3) is 0 Å². The van der Waals surface area contributed by atoms with E-state index in [9.17, 15) is 13.2 Å². The zero-order valence-corrected chi connectivity index (χ0v) is 9.83. The minimum absolute atomic E-state index is 0.137. The van der Waals surface area contributed by atoms with Gasteiger partial charge in [0.05, 0.1) is 5.25 Å². The van der Waals surface area contributed by atoms with E-state index >= 15 is 0 Å². The molecule has 0 spiro atoms. The third kappa shape index (κ3) is 3.46. The van der Waals surface area contributed by atoms with Crippen molar-refractivity contribution in [2.45, 2.75) is 31.9 Å². The van der Waals surface area contributed by atoms with Gasteiger partial charge < -0.3 is 5.11 Å². The Hall–Kier alpha value is -0.620. The Balaban J connectivity index is 2.74. The van der Waals surface area contributed by atoms with Crippen LogP contribution < -0.4 is 0 Å². The molecule has 1 saturated carbocycles. The molecule has 0 heterocycles. The molecular formula is C9H17NO4S. The number of hydrogen-bond acceptors (Lipinski definition) is 3. The lowest BCUT2D eigenvalue weighted by Gasteiger charge is -2.21. The molecule has 0 amide bonds. The lowest BCUT2D eigenvalue weighted by atomic mass is 10.2. The first kappa shape index (κ1) is 12.4. The molecule has 1 fully saturated rings. The van der Waals surface area contributed by atoms with E-state index < -0.39 is 22.5 Å². The highest BCUT2D eigenvalue weighted by molar-refractivity contribution is 7.90. The van der Waals surface area contributed by atoms with Gasteiger partial charge in [0.1, 0.15) is 6.54 Å². The summed E-state index contributed by atoms with van der Waals surface area (Å²) < 4.78 is 24.7. The predicted molar refractivity (Wildman–Crippen MR) is 56.0 cm³/mol. The van der Waals surface area contributed by atoms with Crippen LogP contribution in [0.15, 0.2) is 0 Å². The smallest absolute Gasteiger partial charge is 0.318 e. The second-order valence-electron chi connectivity index (χ2n) is 4.32. The van der Waals surface area contributed by atoms with E-state index in [2.05, 4.69) is 0 Å². The van der Waals surface area contributed by atoms with E-state index in [0.29, 0.717) is 12.8 Å². The van der Waals surface area contributed by atoms with Gasteiger partial charge in [0.25, 0.3) is 0 Å². The predicted octanol–water partition coefficient (Wildman–Crippen LogP) is 0.521. The molecule has 15 heavy (non-hydrogen) atoms. The molecule has 5 nitrogen and oxygen atoms in total. The number of hydrogen-bond donors (Lipinski definition) is 1. The third-order valence-corrected chi connectivity index (χ3v) is 4.50. The van der Waals surface area contributed by atoms with E-state index in [1.807, 2.05) is 13.8 Å². The van der Waals surface area contributed by atoms with E-state index in [1.165, 1.54) is 0 Å². The van der Waals surface area contributed by atoms with Crippen LogP contribution in [-0.2, 0) is 14.8 Å². The summed E-state index contributed by atoms with van der Waals surface area (Å²) in [5, 5.41) is 8.32. The van der Waals surface area contributed by atoms with Crippen LogP contribution in [0.3, 0.4) is 0 Å².